The predicted octanol–water partition coefficient (Wildman–Crippen LogP) is 0.368. The van der Waals surface area contributed by atoms with Crippen molar-refractivity contribution < 1.29 is 4.79 Å². The molecule has 1 aromatic rings. The van der Waals surface area contributed by atoms with Crippen LogP contribution in [0.1, 0.15) is 25.1 Å². The number of nitrogens with zero attached hydrogens (tertiary/aromatic N) is 4. The number of Topliss-reactive ketones (excluding diaryl/α,β-unsaturated/α-hetero) is 1. The lowest BCUT2D eigenvalue weighted by Gasteiger charge is -1.99. The summed E-state index contributed by atoms with van der Waals surface area (Å²) in [5.74, 6) is 2.58. The van der Waals surface area contributed by atoms with Gasteiger partial charge in [-0.2, -0.15) is 4.80 Å². The van der Waals surface area contributed by atoms with Crippen LogP contribution in [0.2, 0.25) is 0 Å². The Morgan fingerprint density at radius 3 is 2.80 bits per heavy atom. The molecule has 1 aromatic heterocycles. The SMILES string of the molecule is Cn1nnc(CC(=O)C2C3CCCC32)n1. The van der Waals surface area contributed by atoms with E-state index < -0.39 is 0 Å². The maximum Gasteiger partial charge on any atom is 0.182 e. The Balaban J connectivity index is 1.63. The standard InChI is InChI=1S/C10H14N4O/c1-14-12-9(11-13-14)5-8(15)10-6-3-2-4-7(6)10/h6-7,10H,2-5H2,1H3. The number of carbonyl (C=O) groups is 1. The van der Waals surface area contributed by atoms with E-state index in [0.29, 0.717) is 35.8 Å². The molecule has 1 heterocycles. The van der Waals surface area contributed by atoms with Gasteiger partial charge in [0.05, 0.1) is 13.5 Å². The minimum atomic E-state index is 0.317. The van der Waals surface area contributed by atoms with Gasteiger partial charge in [-0.25, -0.2) is 0 Å². The number of fused-ring (bicyclic) bond motifs is 1. The van der Waals surface area contributed by atoms with Crippen molar-refractivity contribution in [3.63, 3.8) is 0 Å². The molecule has 2 fully saturated rings. The van der Waals surface area contributed by atoms with Crippen LogP contribution in [0.4, 0.5) is 0 Å². The molecule has 5 heteroatoms. The Morgan fingerprint density at radius 1 is 1.47 bits per heavy atom. The van der Waals surface area contributed by atoms with Gasteiger partial charge in [-0.05, 0) is 29.9 Å². The maximum absolute atomic E-state index is 11.9. The maximum atomic E-state index is 11.9. The molecule has 2 saturated carbocycles. The first-order valence-corrected chi connectivity index (χ1v) is 5.51. The normalized spacial score (nSPS) is 32.7. The lowest BCUT2D eigenvalue weighted by Crippen LogP contribution is -2.10. The van der Waals surface area contributed by atoms with E-state index in [9.17, 15) is 4.79 Å². The largest absolute Gasteiger partial charge is 0.299 e. The van der Waals surface area contributed by atoms with E-state index >= 15 is 0 Å². The molecule has 2 unspecified atom stereocenters. The fourth-order valence-electron chi connectivity index (χ4n) is 2.97. The van der Waals surface area contributed by atoms with Crippen molar-refractivity contribution in [3.8, 4) is 0 Å². The number of rotatable bonds is 3. The summed E-state index contributed by atoms with van der Waals surface area (Å²) < 4.78 is 0. The molecule has 0 amide bonds. The van der Waals surface area contributed by atoms with Crippen molar-refractivity contribution >= 4 is 5.78 Å². The van der Waals surface area contributed by atoms with E-state index in [0.717, 1.165) is 0 Å². The number of hydrogen-bond donors (Lipinski definition) is 0. The van der Waals surface area contributed by atoms with Gasteiger partial charge in [-0.1, -0.05) is 6.42 Å². The van der Waals surface area contributed by atoms with Crippen LogP contribution in [0, 0.1) is 17.8 Å². The van der Waals surface area contributed by atoms with Crippen molar-refractivity contribution in [3.05, 3.63) is 5.82 Å². The Bertz CT molecular complexity index is 390. The first-order valence-electron chi connectivity index (χ1n) is 5.51. The van der Waals surface area contributed by atoms with Crippen LogP contribution >= 0.6 is 0 Å². The fraction of sp³-hybridized carbons (Fsp3) is 0.800. The third-order valence-corrected chi connectivity index (χ3v) is 3.66. The van der Waals surface area contributed by atoms with Crippen LogP contribution < -0.4 is 0 Å². The second-order valence-corrected chi connectivity index (χ2v) is 4.62. The Morgan fingerprint density at radius 2 is 2.20 bits per heavy atom. The average molecular weight is 206 g/mol. The van der Waals surface area contributed by atoms with Crippen molar-refractivity contribution in [2.75, 3.05) is 0 Å². The zero-order chi connectivity index (χ0) is 10.4. The summed E-state index contributed by atoms with van der Waals surface area (Å²) in [7, 11) is 1.72. The minimum Gasteiger partial charge on any atom is -0.299 e. The third-order valence-electron chi connectivity index (χ3n) is 3.66. The summed E-state index contributed by atoms with van der Waals surface area (Å²) in [6, 6.07) is 0. The van der Waals surface area contributed by atoms with Crippen LogP contribution in [-0.4, -0.2) is 26.0 Å². The summed E-state index contributed by atoms with van der Waals surface area (Å²) in [4.78, 5) is 13.3. The van der Waals surface area contributed by atoms with Gasteiger partial charge in [0.1, 0.15) is 5.78 Å². The highest BCUT2D eigenvalue weighted by molar-refractivity contribution is 5.85. The van der Waals surface area contributed by atoms with Crippen molar-refractivity contribution in [1.82, 2.24) is 20.2 Å². The zero-order valence-electron chi connectivity index (χ0n) is 8.76. The topological polar surface area (TPSA) is 60.7 Å². The fourth-order valence-corrected chi connectivity index (χ4v) is 2.97. The molecule has 2 aliphatic rings. The summed E-state index contributed by atoms with van der Waals surface area (Å²) >= 11 is 0. The number of carbonyl (C=O) groups excluding carboxylic acids is 1. The molecule has 0 radical (unpaired) electrons. The van der Waals surface area contributed by atoms with Crippen LogP contribution in [0.5, 0.6) is 0 Å². The van der Waals surface area contributed by atoms with Gasteiger partial charge in [0.2, 0.25) is 0 Å². The molecule has 0 aliphatic heterocycles. The lowest BCUT2D eigenvalue weighted by molar-refractivity contribution is -0.120. The van der Waals surface area contributed by atoms with Gasteiger partial charge in [-0.3, -0.25) is 4.79 Å². The Kier molecular flexibility index (Phi) is 1.87. The highest BCUT2D eigenvalue weighted by Crippen LogP contribution is 2.57. The van der Waals surface area contributed by atoms with Crippen LogP contribution in [0.15, 0.2) is 0 Å². The molecule has 5 nitrogen and oxygen atoms in total. The quantitative estimate of drug-likeness (QED) is 0.716. The molecule has 15 heavy (non-hydrogen) atoms. The van der Waals surface area contributed by atoms with Crippen LogP contribution in [0.25, 0.3) is 0 Å². The van der Waals surface area contributed by atoms with E-state index in [1.165, 1.54) is 24.1 Å². The number of aryl methyl sites for hydroxylation is 1. The summed E-state index contributed by atoms with van der Waals surface area (Å²) in [6.07, 6.45) is 4.16. The van der Waals surface area contributed by atoms with Crippen molar-refractivity contribution in [1.29, 1.82) is 0 Å². The van der Waals surface area contributed by atoms with E-state index in [4.69, 9.17) is 0 Å². The van der Waals surface area contributed by atoms with Gasteiger partial charge < -0.3 is 0 Å². The number of aromatic nitrogens is 4. The molecule has 80 valence electrons. The first kappa shape index (κ1) is 9.00. The average Bonchev–Trinajstić information content (AvgIpc) is 2.60. The molecule has 2 aliphatic carbocycles. The second-order valence-electron chi connectivity index (χ2n) is 4.62. The molecule has 0 aromatic carbocycles. The van der Waals surface area contributed by atoms with Gasteiger partial charge in [0.15, 0.2) is 5.82 Å². The second kappa shape index (κ2) is 3.12. The van der Waals surface area contributed by atoms with Crippen LogP contribution in [0.3, 0.4) is 0 Å². The van der Waals surface area contributed by atoms with E-state index in [1.807, 2.05) is 0 Å². The Labute approximate surface area is 87.8 Å². The highest BCUT2D eigenvalue weighted by Gasteiger charge is 2.55. The summed E-state index contributed by atoms with van der Waals surface area (Å²) in [5.41, 5.74) is 0. The van der Waals surface area contributed by atoms with Crippen LogP contribution in [-0.2, 0) is 18.3 Å². The van der Waals surface area contributed by atoms with Gasteiger partial charge in [-0.15, -0.1) is 10.2 Å². The van der Waals surface area contributed by atoms with Crippen molar-refractivity contribution in [2.45, 2.75) is 25.7 Å². The van der Waals surface area contributed by atoms with Gasteiger partial charge >= 0.3 is 0 Å². The number of tetrazole rings is 1. The molecule has 0 bridgehead atoms. The molecular weight excluding hydrogens is 192 g/mol. The molecule has 3 rings (SSSR count). The summed E-state index contributed by atoms with van der Waals surface area (Å²) in [6.45, 7) is 0. The lowest BCUT2D eigenvalue weighted by atomic mass is 10.1. The number of hydrogen-bond acceptors (Lipinski definition) is 4. The van der Waals surface area contributed by atoms with Gasteiger partial charge in [0.25, 0.3) is 0 Å². The van der Waals surface area contributed by atoms with Crippen molar-refractivity contribution in [2.24, 2.45) is 24.8 Å². The van der Waals surface area contributed by atoms with E-state index in [2.05, 4.69) is 15.4 Å². The smallest absolute Gasteiger partial charge is 0.182 e. The molecule has 0 N–H and O–H groups in total. The molecule has 0 saturated heterocycles. The molecule has 2 atom stereocenters. The predicted molar refractivity (Wildman–Crippen MR) is 51.8 cm³/mol. The summed E-state index contributed by atoms with van der Waals surface area (Å²) in [5, 5.41) is 11.6. The minimum absolute atomic E-state index is 0.317. The van der Waals surface area contributed by atoms with E-state index in [1.54, 1.807) is 7.05 Å². The highest BCUT2D eigenvalue weighted by atomic mass is 16.1. The van der Waals surface area contributed by atoms with E-state index in [-0.39, 0.29) is 0 Å². The Hall–Kier alpha value is -1.26. The first-order chi connectivity index (χ1) is 7.25. The zero-order valence-corrected chi connectivity index (χ0v) is 8.76. The monoisotopic (exact) mass is 206 g/mol. The number of ketones is 1. The van der Waals surface area contributed by atoms with Gasteiger partial charge in [0, 0.05) is 5.92 Å². The molecular formula is C10H14N4O. The molecule has 0 spiro atoms. The third kappa shape index (κ3) is 1.46.